The molecule has 158 valence electrons. The third kappa shape index (κ3) is 4.39. The van der Waals surface area contributed by atoms with Crippen LogP contribution in [0.25, 0.3) is 0 Å². The van der Waals surface area contributed by atoms with E-state index in [2.05, 4.69) is 52.3 Å². The molecule has 1 aliphatic heterocycles. The lowest BCUT2D eigenvalue weighted by Crippen LogP contribution is -3.19. The van der Waals surface area contributed by atoms with Gasteiger partial charge in [0.05, 0.1) is 18.3 Å². The Hall–Kier alpha value is -2.15. The Kier molecular flexibility index (Phi) is 5.64. The van der Waals surface area contributed by atoms with Crippen LogP contribution in [0.1, 0.15) is 58.3 Å². The van der Waals surface area contributed by atoms with Crippen LogP contribution >= 0.6 is 0 Å². The van der Waals surface area contributed by atoms with Gasteiger partial charge in [-0.1, -0.05) is 59.8 Å². The second-order valence-electron chi connectivity index (χ2n) is 10.0. The van der Waals surface area contributed by atoms with Crippen molar-refractivity contribution in [3.8, 4) is 0 Å². The Morgan fingerprint density at radius 2 is 1.79 bits per heavy atom. The largest absolute Gasteiger partial charge is 0.607 e. The molecule has 4 N–H and O–H groups in total. The molecule has 0 radical (unpaired) electrons. The van der Waals surface area contributed by atoms with Crippen molar-refractivity contribution in [1.29, 1.82) is 0 Å². The van der Waals surface area contributed by atoms with Gasteiger partial charge in [-0.2, -0.15) is 0 Å². The molecule has 3 unspecified atom stereocenters. The van der Waals surface area contributed by atoms with Crippen molar-refractivity contribution < 1.29 is 15.1 Å². The van der Waals surface area contributed by atoms with Crippen LogP contribution in [0.5, 0.6) is 0 Å². The molecule has 2 aliphatic rings. The maximum absolute atomic E-state index is 13.0. The monoisotopic (exact) mass is 399 g/mol. The lowest BCUT2D eigenvalue weighted by atomic mass is 9.73. The van der Waals surface area contributed by atoms with Crippen LogP contribution in [0.2, 0.25) is 0 Å². The number of Topliss-reactive ketones (excluding diaryl/α,β-unsaturated/α-hetero) is 1. The van der Waals surface area contributed by atoms with Crippen LogP contribution in [0.15, 0.2) is 47.2 Å². The first-order valence-electron chi connectivity index (χ1n) is 10.2. The fourth-order valence-corrected chi connectivity index (χ4v) is 4.05. The lowest BCUT2D eigenvalue weighted by Gasteiger charge is -2.39. The summed E-state index contributed by atoms with van der Waals surface area (Å²) in [7, 11) is 0. The number of allylic oxidation sites excluding steroid dienone is 2. The molecule has 0 saturated heterocycles. The summed E-state index contributed by atoms with van der Waals surface area (Å²) in [5.41, 5.74) is 6.58. The highest BCUT2D eigenvalue weighted by atomic mass is 16.5. The van der Waals surface area contributed by atoms with Crippen LogP contribution in [-0.2, 0) is 0 Å². The van der Waals surface area contributed by atoms with Gasteiger partial charge in [-0.25, -0.2) is 5.43 Å². The summed E-state index contributed by atoms with van der Waals surface area (Å²) in [5.74, 6) is -0.169. The fourth-order valence-electron chi connectivity index (χ4n) is 4.05. The average Bonchev–Trinajstić information content (AvgIpc) is 2.60. The van der Waals surface area contributed by atoms with Gasteiger partial charge >= 0.3 is 0 Å². The number of hydrogen-bond donors (Lipinski definition) is 4. The van der Waals surface area contributed by atoms with E-state index in [1.807, 2.05) is 18.2 Å². The summed E-state index contributed by atoms with van der Waals surface area (Å²) in [5, 5.41) is 26.6. The molecule has 0 amide bonds. The molecule has 29 heavy (non-hydrogen) atoms. The third-order valence-electron chi connectivity index (χ3n) is 5.65. The Labute approximate surface area is 173 Å². The van der Waals surface area contributed by atoms with E-state index in [9.17, 15) is 15.1 Å². The summed E-state index contributed by atoms with van der Waals surface area (Å²) in [6, 6.07) is 6.46. The quantitative estimate of drug-likeness (QED) is 0.587. The summed E-state index contributed by atoms with van der Waals surface area (Å²) < 4.78 is 0. The van der Waals surface area contributed by atoms with Gasteiger partial charge in [-0.3, -0.25) is 9.97 Å². The molecule has 3 atom stereocenters. The zero-order chi connectivity index (χ0) is 21.6. The first-order valence-corrected chi connectivity index (χ1v) is 10.2. The molecule has 1 aromatic rings. The smallest absolute Gasteiger partial charge is 0.226 e. The number of aliphatic hydroxyl groups excluding tert-OH is 1. The van der Waals surface area contributed by atoms with Crippen molar-refractivity contribution in [2.75, 3.05) is 11.9 Å². The Balaban J connectivity index is 1.90. The number of rotatable bonds is 3. The van der Waals surface area contributed by atoms with Gasteiger partial charge in [0.15, 0.2) is 6.04 Å². The van der Waals surface area contributed by atoms with Crippen LogP contribution < -0.4 is 15.9 Å². The van der Waals surface area contributed by atoms with Crippen molar-refractivity contribution in [3.63, 3.8) is 0 Å². The van der Waals surface area contributed by atoms with Gasteiger partial charge in [0.1, 0.15) is 0 Å². The van der Waals surface area contributed by atoms with Crippen molar-refractivity contribution in [2.45, 2.75) is 60.1 Å². The number of nitrogens with one attached hydrogen (secondary N) is 3. The molecule has 0 bridgehead atoms. The highest BCUT2D eigenvalue weighted by Crippen LogP contribution is 2.40. The number of quaternary nitrogens is 1. The van der Waals surface area contributed by atoms with Crippen molar-refractivity contribution in [2.24, 2.45) is 10.8 Å². The molecule has 0 saturated carbocycles. The minimum Gasteiger partial charge on any atom is -0.607 e. The predicted octanol–water partition coefficient (Wildman–Crippen LogP) is 2.59. The summed E-state index contributed by atoms with van der Waals surface area (Å²) >= 11 is 0. The predicted molar refractivity (Wildman–Crippen MR) is 115 cm³/mol. The molecule has 0 spiro atoms. The fraction of sp³-hybridized carbons (Fsp3) is 0.522. The maximum atomic E-state index is 13.0. The Bertz CT molecular complexity index is 859. The lowest BCUT2D eigenvalue weighted by molar-refractivity contribution is -0.905. The van der Waals surface area contributed by atoms with E-state index in [-0.39, 0.29) is 28.3 Å². The van der Waals surface area contributed by atoms with Crippen molar-refractivity contribution in [3.05, 3.63) is 58.0 Å². The molecule has 6 nitrogen and oxygen atoms in total. The van der Waals surface area contributed by atoms with Gasteiger partial charge in [-0.05, 0) is 34.1 Å². The van der Waals surface area contributed by atoms with E-state index >= 15 is 0 Å². The summed E-state index contributed by atoms with van der Waals surface area (Å²) in [4.78, 5) is 12.8. The third-order valence-corrected chi connectivity index (χ3v) is 5.65. The molecule has 3 rings (SSSR count). The van der Waals surface area contributed by atoms with E-state index in [1.165, 1.54) is 0 Å². The normalized spacial score (nSPS) is 23.9. The molecule has 1 aromatic carbocycles. The molecule has 6 heteroatoms. The standard InChI is InChI=1S/C23H33N3O3/c1-22(2,3)15-11-16(23(4,5)6)20(27)12-18(15)25-26(29)19-13-24-17-10-8-7-9-14(17)21(19)28/h7-11,19-20,24-27H,12-13H2,1-6H3. The number of carbonyl (C=O) groups excluding carboxylic acids is 1. The molecular weight excluding hydrogens is 366 g/mol. The molecule has 0 aromatic heterocycles. The molecule has 1 heterocycles. The zero-order valence-electron chi connectivity index (χ0n) is 18.2. The highest BCUT2D eigenvalue weighted by Gasteiger charge is 2.36. The summed E-state index contributed by atoms with van der Waals surface area (Å²) in [6.45, 7) is 12.8. The minimum atomic E-state index is -0.788. The number of fused-ring (bicyclic) bond motifs is 1. The van der Waals surface area contributed by atoms with E-state index in [0.717, 1.165) is 16.8 Å². The zero-order valence-corrected chi connectivity index (χ0v) is 18.2. The highest BCUT2D eigenvalue weighted by molar-refractivity contribution is 6.05. The van der Waals surface area contributed by atoms with Crippen LogP contribution in [0.4, 0.5) is 5.69 Å². The van der Waals surface area contributed by atoms with E-state index in [1.54, 1.807) is 12.1 Å². The number of para-hydroxylation sites is 1. The maximum Gasteiger partial charge on any atom is 0.226 e. The molecule has 0 fully saturated rings. The van der Waals surface area contributed by atoms with Gasteiger partial charge in [0.25, 0.3) is 0 Å². The number of ketones is 1. The van der Waals surface area contributed by atoms with Gasteiger partial charge in [0.2, 0.25) is 5.78 Å². The van der Waals surface area contributed by atoms with Crippen LogP contribution in [0, 0.1) is 16.0 Å². The van der Waals surface area contributed by atoms with Gasteiger partial charge in [-0.15, -0.1) is 0 Å². The second kappa shape index (κ2) is 7.59. The molecular formula is C23H33N3O3. The van der Waals surface area contributed by atoms with Crippen LogP contribution in [-0.4, -0.2) is 29.6 Å². The Morgan fingerprint density at radius 1 is 1.14 bits per heavy atom. The minimum absolute atomic E-state index is 0.168. The molecule has 1 aliphatic carbocycles. The Morgan fingerprint density at radius 3 is 2.41 bits per heavy atom. The number of hydroxylamine groups is 1. The number of aliphatic hydroxyl groups is 1. The van der Waals surface area contributed by atoms with Gasteiger partial charge < -0.3 is 15.6 Å². The van der Waals surface area contributed by atoms with Crippen LogP contribution in [0.3, 0.4) is 0 Å². The number of anilines is 1. The number of hydrogen-bond acceptors (Lipinski definition) is 5. The first kappa shape index (κ1) is 21.6. The topological polar surface area (TPSA) is 88.9 Å². The SMILES string of the molecule is CC(C)(C)C1=CC(C(C)(C)C)=C(N[NH+]([O-])C2CNc3ccccc3C2=O)CC1O. The van der Waals surface area contributed by atoms with Crippen molar-refractivity contribution in [1.82, 2.24) is 5.43 Å². The number of carbonyl (C=O) groups is 1. The first-order chi connectivity index (χ1) is 13.4. The average molecular weight is 400 g/mol. The number of benzene rings is 1. The summed E-state index contributed by atoms with van der Waals surface area (Å²) in [6.07, 6.45) is 1.71. The van der Waals surface area contributed by atoms with E-state index < -0.39 is 12.1 Å². The second-order valence-corrected chi connectivity index (χ2v) is 10.0. The van der Waals surface area contributed by atoms with E-state index in [0.29, 0.717) is 17.7 Å². The van der Waals surface area contributed by atoms with E-state index in [4.69, 9.17) is 0 Å². The van der Waals surface area contributed by atoms with Gasteiger partial charge in [0, 0.05) is 17.7 Å². The van der Waals surface area contributed by atoms with Crippen molar-refractivity contribution >= 4 is 11.5 Å².